The SMILES string of the molecule is CC(C)CCC[C@@H](C)[C@H]1CC[C@H]2[C@@H]3C(=O)C=C4C[C@@H](c5ccccc5)CC[C@]4(C)[C@H]3CC[C@]12C. The first-order chi connectivity index (χ1) is 16.2. The molecule has 0 bridgehead atoms. The zero-order chi connectivity index (χ0) is 24.1. The Hall–Kier alpha value is -1.37. The van der Waals surface area contributed by atoms with Crippen LogP contribution in [-0.2, 0) is 4.79 Å². The topological polar surface area (TPSA) is 17.1 Å². The first-order valence-electron chi connectivity index (χ1n) is 14.5. The van der Waals surface area contributed by atoms with Crippen LogP contribution in [0.3, 0.4) is 0 Å². The van der Waals surface area contributed by atoms with Gasteiger partial charge in [0.2, 0.25) is 0 Å². The maximum atomic E-state index is 13.8. The van der Waals surface area contributed by atoms with E-state index in [4.69, 9.17) is 0 Å². The number of carbonyl (C=O) groups excluding carboxylic acids is 1. The van der Waals surface area contributed by atoms with Gasteiger partial charge in [0, 0.05) is 5.92 Å². The molecule has 1 heteroatoms. The van der Waals surface area contributed by atoms with Crippen LogP contribution in [0.2, 0.25) is 0 Å². The van der Waals surface area contributed by atoms with E-state index < -0.39 is 0 Å². The van der Waals surface area contributed by atoms with E-state index >= 15 is 0 Å². The molecule has 0 radical (unpaired) electrons. The molecule has 3 fully saturated rings. The molecule has 0 amide bonds. The van der Waals surface area contributed by atoms with Gasteiger partial charge in [0.05, 0.1) is 0 Å². The number of rotatable bonds is 6. The van der Waals surface area contributed by atoms with Crippen molar-refractivity contribution in [2.24, 2.45) is 46.3 Å². The molecule has 4 aliphatic rings. The van der Waals surface area contributed by atoms with Crippen LogP contribution in [0.25, 0.3) is 0 Å². The lowest BCUT2D eigenvalue weighted by molar-refractivity contribution is -0.134. The zero-order valence-electron chi connectivity index (χ0n) is 22.5. The standard InChI is InChI=1S/C33H48O/c1-22(2)10-9-11-23(3)27-14-15-28-31-29(17-19-33(27,28)5)32(4)18-16-25(20-26(32)21-30(31)34)24-12-7-6-8-13-24/h6-8,12-13,21-23,25,27-29,31H,9-11,14-20H2,1-5H3/t23-,25+,27-,28+,29+,31+,32+,33-/m1/s1. The van der Waals surface area contributed by atoms with Crippen LogP contribution in [-0.4, -0.2) is 5.78 Å². The van der Waals surface area contributed by atoms with Gasteiger partial charge >= 0.3 is 0 Å². The van der Waals surface area contributed by atoms with Crippen molar-refractivity contribution in [2.45, 2.75) is 105 Å². The van der Waals surface area contributed by atoms with Gasteiger partial charge in [0.25, 0.3) is 0 Å². The molecule has 1 nitrogen and oxygen atoms in total. The van der Waals surface area contributed by atoms with Crippen molar-refractivity contribution in [3.8, 4) is 0 Å². The van der Waals surface area contributed by atoms with Crippen LogP contribution < -0.4 is 0 Å². The average molecular weight is 461 g/mol. The Morgan fingerprint density at radius 2 is 1.68 bits per heavy atom. The largest absolute Gasteiger partial charge is 0.295 e. The summed E-state index contributed by atoms with van der Waals surface area (Å²) in [6, 6.07) is 11.0. The van der Waals surface area contributed by atoms with Gasteiger partial charge < -0.3 is 0 Å². The second-order valence-corrected chi connectivity index (χ2v) is 13.6. The van der Waals surface area contributed by atoms with Crippen molar-refractivity contribution in [1.82, 2.24) is 0 Å². The lowest BCUT2D eigenvalue weighted by Crippen LogP contribution is -2.53. The predicted octanol–water partition coefficient (Wildman–Crippen LogP) is 8.99. The summed E-state index contributed by atoms with van der Waals surface area (Å²) in [5.74, 6) is 4.97. The van der Waals surface area contributed by atoms with E-state index in [2.05, 4.69) is 71.0 Å². The third kappa shape index (κ3) is 4.04. The molecule has 0 saturated heterocycles. The fourth-order valence-electron chi connectivity index (χ4n) is 9.44. The molecule has 1 aromatic carbocycles. The van der Waals surface area contributed by atoms with Gasteiger partial charge in [-0.2, -0.15) is 0 Å². The molecule has 186 valence electrons. The third-order valence-corrected chi connectivity index (χ3v) is 11.4. The molecule has 0 aliphatic heterocycles. The minimum absolute atomic E-state index is 0.242. The second-order valence-electron chi connectivity index (χ2n) is 13.6. The van der Waals surface area contributed by atoms with Crippen molar-refractivity contribution in [3.63, 3.8) is 0 Å². The van der Waals surface area contributed by atoms with Gasteiger partial charge in [-0.25, -0.2) is 0 Å². The second kappa shape index (κ2) is 9.25. The Kier molecular flexibility index (Phi) is 6.62. The van der Waals surface area contributed by atoms with E-state index in [0.717, 1.165) is 24.2 Å². The van der Waals surface area contributed by atoms with E-state index in [-0.39, 0.29) is 11.3 Å². The zero-order valence-corrected chi connectivity index (χ0v) is 22.5. The molecule has 1 aromatic rings. The molecule has 4 aliphatic carbocycles. The summed E-state index contributed by atoms with van der Waals surface area (Å²) in [5.41, 5.74) is 3.56. The summed E-state index contributed by atoms with van der Waals surface area (Å²) in [6.07, 6.45) is 15.1. The molecule has 34 heavy (non-hydrogen) atoms. The summed E-state index contributed by atoms with van der Waals surface area (Å²) in [4.78, 5) is 13.8. The van der Waals surface area contributed by atoms with Crippen molar-refractivity contribution >= 4 is 5.78 Å². The molecule has 3 saturated carbocycles. The summed E-state index contributed by atoms with van der Waals surface area (Å²) < 4.78 is 0. The van der Waals surface area contributed by atoms with Crippen LogP contribution in [0.1, 0.15) is 110 Å². The smallest absolute Gasteiger partial charge is 0.159 e. The number of benzene rings is 1. The number of hydrogen-bond donors (Lipinski definition) is 0. The normalized spacial score (nSPS) is 40.4. The maximum Gasteiger partial charge on any atom is 0.159 e. The lowest BCUT2D eigenvalue weighted by atomic mass is 9.46. The maximum absolute atomic E-state index is 13.8. The molecule has 0 spiro atoms. The number of hydrogen-bond acceptors (Lipinski definition) is 1. The van der Waals surface area contributed by atoms with Gasteiger partial charge in [-0.05, 0) is 103 Å². The minimum Gasteiger partial charge on any atom is -0.295 e. The van der Waals surface area contributed by atoms with Crippen molar-refractivity contribution in [3.05, 3.63) is 47.5 Å². The molecular formula is C33H48O. The van der Waals surface area contributed by atoms with E-state index in [1.54, 1.807) is 0 Å². The van der Waals surface area contributed by atoms with Crippen molar-refractivity contribution in [1.29, 1.82) is 0 Å². The first-order valence-corrected chi connectivity index (χ1v) is 14.5. The number of ketones is 1. The Morgan fingerprint density at radius 3 is 2.41 bits per heavy atom. The van der Waals surface area contributed by atoms with E-state index in [0.29, 0.717) is 29.0 Å². The monoisotopic (exact) mass is 460 g/mol. The highest BCUT2D eigenvalue weighted by Crippen LogP contribution is 2.67. The molecular weight excluding hydrogens is 412 g/mol. The Labute approximate surface area is 209 Å². The fourth-order valence-corrected chi connectivity index (χ4v) is 9.44. The number of allylic oxidation sites excluding steroid dienone is 2. The first kappa shape index (κ1) is 24.3. The lowest BCUT2D eigenvalue weighted by Gasteiger charge is -2.57. The van der Waals surface area contributed by atoms with Crippen LogP contribution in [0, 0.1) is 46.3 Å². The third-order valence-electron chi connectivity index (χ3n) is 11.4. The van der Waals surface area contributed by atoms with Crippen LogP contribution in [0.15, 0.2) is 42.0 Å². The highest BCUT2D eigenvalue weighted by molar-refractivity contribution is 5.94. The number of carbonyl (C=O) groups is 1. The van der Waals surface area contributed by atoms with E-state index in [1.165, 1.54) is 68.9 Å². The minimum atomic E-state index is 0.242. The van der Waals surface area contributed by atoms with Crippen LogP contribution in [0.5, 0.6) is 0 Å². The van der Waals surface area contributed by atoms with Gasteiger partial charge in [0.1, 0.15) is 0 Å². The van der Waals surface area contributed by atoms with E-state index in [1.807, 2.05) is 0 Å². The van der Waals surface area contributed by atoms with Gasteiger partial charge in [0.15, 0.2) is 5.78 Å². The van der Waals surface area contributed by atoms with Crippen LogP contribution in [0.4, 0.5) is 0 Å². The van der Waals surface area contributed by atoms with Crippen molar-refractivity contribution in [2.75, 3.05) is 0 Å². The Morgan fingerprint density at radius 1 is 0.912 bits per heavy atom. The number of fused-ring (bicyclic) bond motifs is 5. The quantitative estimate of drug-likeness (QED) is 0.414. The van der Waals surface area contributed by atoms with Gasteiger partial charge in [-0.15, -0.1) is 0 Å². The highest BCUT2D eigenvalue weighted by Gasteiger charge is 2.61. The van der Waals surface area contributed by atoms with E-state index in [9.17, 15) is 4.79 Å². The van der Waals surface area contributed by atoms with Gasteiger partial charge in [-0.3, -0.25) is 4.79 Å². The average Bonchev–Trinajstić information content (AvgIpc) is 3.17. The molecule has 0 unspecified atom stereocenters. The van der Waals surface area contributed by atoms with Crippen molar-refractivity contribution < 1.29 is 4.79 Å². The summed E-state index contributed by atoms with van der Waals surface area (Å²) in [7, 11) is 0. The predicted molar refractivity (Wildman–Crippen MR) is 143 cm³/mol. The fraction of sp³-hybridized carbons (Fsp3) is 0.727. The highest BCUT2D eigenvalue weighted by atomic mass is 16.1. The Bertz CT molecular complexity index is 912. The molecule has 0 aromatic heterocycles. The molecule has 8 atom stereocenters. The summed E-state index contributed by atoms with van der Waals surface area (Å²) in [6.45, 7) is 12.4. The molecule has 0 heterocycles. The van der Waals surface area contributed by atoms with Crippen LogP contribution >= 0.6 is 0 Å². The molecule has 5 rings (SSSR count). The van der Waals surface area contributed by atoms with Gasteiger partial charge in [-0.1, -0.05) is 89.8 Å². The Balaban J connectivity index is 1.35. The summed E-state index contributed by atoms with van der Waals surface area (Å²) in [5, 5.41) is 0. The summed E-state index contributed by atoms with van der Waals surface area (Å²) >= 11 is 0. The molecule has 0 N–H and O–H groups in total.